The quantitative estimate of drug-likeness (QED) is 0.208. The summed E-state index contributed by atoms with van der Waals surface area (Å²) >= 11 is 0. The Hall–Kier alpha value is -4.42. The van der Waals surface area contributed by atoms with E-state index in [2.05, 4.69) is 27.4 Å². The molecule has 4 heterocycles. The second-order valence-electron chi connectivity index (χ2n) is 12.2. The maximum absolute atomic E-state index is 12.8. The zero-order valence-electron chi connectivity index (χ0n) is 27.3. The van der Waals surface area contributed by atoms with Crippen molar-refractivity contribution < 1.29 is 22.7 Å². The number of pyridine rings is 3. The van der Waals surface area contributed by atoms with Crippen LogP contribution < -0.4 is 15.5 Å². The molecule has 1 aliphatic rings. The molecule has 1 saturated heterocycles. The Morgan fingerprint density at radius 3 is 2.57 bits per heavy atom. The fourth-order valence-corrected chi connectivity index (χ4v) is 6.78. The molecule has 0 unspecified atom stereocenters. The Morgan fingerprint density at radius 1 is 0.979 bits per heavy atom. The lowest BCUT2D eigenvalue weighted by Gasteiger charge is -2.37. The largest absolute Gasteiger partial charge is 0.372 e. The van der Waals surface area contributed by atoms with Gasteiger partial charge in [0.2, 0.25) is 5.91 Å². The molecule has 0 spiro atoms. The highest BCUT2D eigenvalue weighted by atomic mass is 32.2. The van der Waals surface area contributed by atoms with E-state index in [4.69, 9.17) is 14.7 Å². The summed E-state index contributed by atoms with van der Waals surface area (Å²) in [7, 11) is -3.45. The van der Waals surface area contributed by atoms with E-state index in [0.717, 1.165) is 73.1 Å². The van der Waals surface area contributed by atoms with E-state index >= 15 is 0 Å². The number of aryl methyl sites for hydroxylation is 1. The fraction of sp³-hybridized carbons (Fsp3) is 0.400. The highest BCUT2D eigenvalue weighted by Crippen LogP contribution is 2.26. The second-order valence-corrected chi connectivity index (χ2v) is 14.2. The van der Waals surface area contributed by atoms with Crippen molar-refractivity contribution in [2.45, 2.75) is 70.1 Å². The van der Waals surface area contributed by atoms with Gasteiger partial charge in [0.15, 0.2) is 9.84 Å². The summed E-state index contributed by atoms with van der Waals surface area (Å²) in [4.78, 5) is 40.7. The number of sulfone groups is 1. The predicted molar refractivity (Wildman–Crippen MR) is 182 cm³/mol. The summed E-state index contributed by atoms with van der Waals surface area (Å²) in [6, 6.07) is 16.3. The van der Waals surface area contributed by atoms with Gasteiger partial charge in [0.1, 0.15) is 5.82 Å². The van der Waals surface area contributed by atoms with Gasteiger partial charge in [0.25, 0.3) is 5.91 Å². The number of amides is 2. The molecule has 248 valence electrons. The van der Waals surface area contributed by atoms with Crippen LogP contribution in [0, 0.1) is 6.92 Å². The minimum absolute atomic E-state index is 0.00868. The SMILES string of the molecule is CC(=O)NCCCCC[C@H]1CN(c2cccc(-c3ccc4cnc(CNC(=O)c5ccc(C)c(S(C)(=O)=O)c5)cc4n3)n2)C[C@@H](C)O1. The van der Waals surface area contributed by atoms with E-state index in [9.17, 15) is 18.0 Å². The Morgan fingerprint density at radius 2 is 1.79 bits per heavy atom. The summed E-state index contributed by atoms with van der Waals surface area (Å²) < 4.78 is 30.4. The van der Waals surface area contributed by atoms with Crippen molar-refractivity contribution >= 4 is 38.4 Å². The Labute approximate surface area is 276 Å². The van der Waals surface area contributed by atoms with E-state index in [1.165, 1.54) is 13.0 Å². The number of hydrogen-bond donors (Lipinski definition) is 2. The number of hydrogen-bond acceptors (Lipinski definition) is 9. The van der Waals surface area contributed by atoms with Gasteiger partial charge in [-0.1, -0.05) is 25.0 Å². The lowest BCUT2D eigenvalue weighted by atomic mass is 10.1. The Balaban J connectivity index is 1.24. The molecule has 47 heavy (non-hydrogen) atoms. The summed E-state index contributed by atoms with van der Waals surface area (Å²) in [6.07, 6.45) is 7.04. The zero-order valence-corrected chi connectivity index (χ0v) is 28.1. The molecule has 1 aromatic carbocycles. The third kappa shape index (κ3) is 9.11. The molecule has 11 nitrogen and oxygen atoms in total. The minimum atomic E-state index is -3.45. The molecule has 0 aliphatic carbocycles. The first-order valence-corrected chi connectivity index (χ1v) is 17.8. The topological polar surface area (TPSA) is 143 Å². The van der Waals surface area contributed by atoms with Gasteiger partial charge in [-0.3, -0.25) is 14.6 Å². The monoisotopic (exact) mass is 658 g/mol. The standard InChI is InChI=1S/C35H42N6O5S/c1-23-12-13-26(17-33(23)47(4,44)45)35(43)38-20-28-18-32-27(19-37-28)14-15-31(39-32)30-10-8-11-34(40-30)41-21-24(2)46-29(22-41)9-6-5-7-16-36-25(3)42/h8,10-15,17-19,24,29H,5-7,9,16,20-22H2,1-4H3,(H,36,42)(H,38,43)/t24-,29+/m1/s1. The van der Waals surface area contributed by atoms with Crippen molar-refractivity contribution in [3.8, 4) is 11.4 Å². The van der Waals surface area contributed by atoms with Gasteiger partial charge in [0, 0.05) is 50.0 Å². The maximum Gasteiger partial charge on any atom is 0.251 e. The number of unbranched alkanes of at least 4 members (excludes halogenated alkanes) is 2. The van der Waals surface area contributed by atoms with Crippen LogP contribution in [0.15, 0.2) is 65.7 Å². The second kappa shape index (κ2) is 15.0. The Bertz CT molecular complexity index is 1860. The number of morpholine rings is 1. The molecule has 0 bridgehead atoms. The molecule has 12 heteroatoms. The van der Waals surface area contributed by atoms with Gasteiger partial charge in [-0.25, -0.2) is 18.4 Å². The molecular weight excluding hydrogens is 616 g/mol. The molecule has 2 amide bonds. The van der Waals surface area contributed by atoms with E-state index in [-0.39, 0.29) is 41.0 Å². The van der Waals surface area contributed by atoms with Crippen molar-refractivity contribution in [2.75, 3.05) is 30.8 Å². The van der Waals surface area contributed by atoms with E-state index in [1.807, 2.05) is 36.4 Å². The summed E-state index contributed by atoms with van der Waals surface area (Å²) in [5.41, 5.74) is 3.69. The van der Waals surface area contributed by atoms with E-state index in [1.54, 1.807) is 25.3 Å². The number of benzene rings is 1. The Kier molecular flexibility index (Phi) is 10.8. The third-order valence-electron chi connectivity index (χ3n) is 8.13. The lowest BCUT2D eigenvalue weighted by Crippen LogP contribution is -2.47. The maximum atomic E-state index is 12.8. The number of nitrogens with one attached hydrogen (secondary N) is 2. The first-order chi connectivity index (χ1) is 22.5. The van der Waals surface area contributed by atoms with Crippen LogP contribution in [0.5, 0.6) is 0 Å². The summed E-state index contributed by atoms with van der Waals surface area (Å²) in [5, 5.41) is 6.54. The van der Waals surface area contributed by atoms with Crippen molar-refractivity contribution in [3.05, 3.63) is 77.6 Å². The number of anilines is 1. The zero-order chi connectivity index (χ0) is 33.6. The van der Waals surface area contributed by atoms with Crippen LogP contribution in [0.4, 0.5) is 5.82 Å². The molecule has 4 aromatic rings. The van der Waals surface area contributed by atoms with Crippen LogP contribution in [0.3, 0.4) is 0 Å². The highest BCUT2D eigenvalue weighted by molar-refractivity contribution is 7.90. The normalized spacial score (nSPS) is 16.6. The molecule has 2 N–H and O–H groups in total. The number of nitrogens with zero attached hydrogens (tertiary/aromatic N) is 4. The average Bonchev–Trinajstić information content (AvgIpc) is 3.04. The van der Waals surface area contributed by atoms with Crippen LogP contribution >= 0.6 is 0 Å². The minimum Gasteiger partial charge on any atom is -0.372 e. The average molecular weight is 659 g/mol. The fourth-order valence-electron chi connectivity index (χ4n) is 5.78. The first-order valence-electron chi connectivity index (χ1n) is 15.9. The molecule has 0 radical (unpaired) electrons. The van der Waals surface area contributed by atoms with Gasteiger partial charge in [-0.2, -0.15) is 0 Å². The lowest BCUT2D eigenvalue weighted by molar-refractivity contribution is -0.118. The van der Waals surface area contributed by atoms with E-state index < -0.39 is 9.84 Å². The van der Waals surface area contributed by atoms with Crippen molar-refractivity contribution in [1.82, 2.24) is 25.6 Å². The van der Waals surface area contributed by atoms with Crippen molar-refractivity contribution in [2.24, 2.45) is 0 Å². The van der Waals surface area contributed by atoms with Gasteiger partial charge >= 0.3 is 0 Å². The predicted octanol–water partition coefficient (Wildman–Crippen LogP) is 4.62. The molecule has 5 rings (SSSR count). The van der Waals surface area contributed by atoms with Crippen molar-refractivity contribution in [1.29, 1.82) is 0 Å². The number of aromatic nitrogens is 3. The van der Waals surface area contributed by atoms with Gasteiger partial charge in [0.05, 0.1) is 46.2 Å². The number of carbonyl (C=O) groups excluding carboxylic acids is 2. The molecule has 1 fully saturated rings. The summed E-state index contributed by atoms with van der Waals surface area (Å²) in [5.74, 6) is 0.499. The van der Waals surface area contributed by atoms with Crippen molar-refractivity contribution in [3.63, 3.8) is 0 Å². The van der Waals surface area contributed by atoms with Crippen LogP contribution in [0.1, 0.15) is 61.1 Å². The first kappa shape index (κ1) is 33.9. The molecule has 3 aromatic heterocycles. The molecular formula is C35H42N6O5S. The molecule has 2 atom stereocenters. The van der Waals surface area contributed by atoms with E-state index in [0.29, 0.717) is 17.8 Å². The number of carbonyl (C=O) groups is 2. The molecule has 1 aliphatic heterocycles. The number of fused-ring (bicyclic) bond motifs is 1. The van der Waals surface area contributed by atoms with Crippen LogP contribution in [0.2, 0.25) is 0 Å². The van der Waals surface area contributed by atoms with Crippen LogP contribution in [-0.4, -0.2) is 73.3 Å². The number of ether oxygens (including phenoxy) is 1. The number of rotatable bonds is 12. The smallest absolute Gasteiger partial charge is 0.251 e. The summed E-state index contributed by atoms with van der Waals surface area (Å²) in [6.45, 7) is 7.70. The van der Waals surface area contributed by atoms with Gasteiger partial charge in [-0.15, -0.1) is 0 Å². The third-order valence-corrected chi connectivity index (χ3v) is 9.37. The van der Waals surface area contributed by atoms with Gasteiger partial charge < -0.3 is 20.3 Å². The van der Waals surface area contributed by atoms with Crippen LogP contribution in [-0.2, 0) is 25.9 Å². The van der Waals surface area contributed by atoms with Gasteiger partial charge in [-0.05, 0) is 74.7 Å². The molecule has 0 saturated carbocycles. The highest BCUT2D eigenvalue weighted by Gasteiger charge is 2.26. The van der Waals surface area contributed by atoms with Crippen LogP contribution in [0.25, 0.3) is 22.3 Å².